The lowest BCUT2D eigenvalue weighted by atomic mass is 10.3. The summed E-state index contributed by atoms with van der Waals surface area (Å²) in [5, 5.41) is 3.24. The number of nitrogens with one attached hydrogen (secondary N) is 2. The van der Waals surface area contributed by atoms with E-state index in [9.17, 15) is 13.2 Å². The molecule has 2 aromatic rings. The highest BCUT2D eigenvalue weighted by molar-refractivity contribution is 7.92. The zero-order chi connectivity index (χ0) is 20.6. The fraction of sp³-hybridized carbons (Fsp3) is 0.278. The molecule has 0 saturated carbocycles. The maximum Gasteiger partial charge on any atom is 0.261 e. The Bertz CT molecular complexity index is 905. The van der Waals surface area contributed by atoms with Crippen LogP contribution in [0.25, 0.3) is 0 Å². The van der Waals surface area contributed by atoms with Crippen molar-refractivity contribution >= 4 is 44.8 Å². The summed E-state index contributed by atoms with van der Waals surface area (Å²) >= 11 is 11.9. The van der Waals surface area contributed by atoms with Crippen molar-refractivity contribution in [2.45, 2.75) is 11.3 Å². The minimum absolute atomic E-state index is 0.0381. The molecule has 0 spiro atoms. The summed E-state index contributed by atoms with van der Waals surface area (Å²) in [4.78, 5) is 11.7. The fourth-order valence-corrected chi connectivity index (χ4v) is 3.65. The molecule has 152 valence electrons. The highest BCUT2D eigenvalue weighted by atomic mass is 35.5. The van der Waals surface area contributed by atoms with Gasteiger partial charge < -0.3 is 14.8 Å². The quantitative estimate of drug-likeness (QED) is 0.545. The number of ether oxygens (including phenoxy) is 2. The minimum Gasteiger partial charge on any atom is -0.482 e. The van der Waals surface area contributed by atoms with Crippen LogP contribution < -0.4 is 14.8 Å². The normalized spacial score (nSPS) is 11.1. The van der Waals surface area contributed by atoms with E-state index in [-0.39, 0.29) is 28.2 Å². The molecule has 7 nitrogen and oxygen atoms in total. The Kier molecular flexibility index (Phi) is 8.37. The van der Waals surface area contributed by atoms with E-state index >= 15 is 0 Å². The average Bonchev–Trinajstić information content (AvgIpc) is 2.66. The summed E-state index contributed by atoms with van der Waals surface area (Å²) in [6, 6.07) is 10.2. The second-order valence-corrected chi connectivity index (χ2v) is 8.22. The zero-order valence-corrected chi connectivity index (χ0v) is 17.4. The monoisotopic (exact) mass is 446 g/mol. The molecule has 0 saturated heterocycles. The van der Waals surface area contributed by atoms with Crippen molar-refractivity contribution in [2.24, 2.45) is 0 Å². The predicted octanol–water partition coefficient (Wildman–Crippen LogP) is 3.33. The molecule has 0 atom stereocenters. The van der Waals surface area contributed by atoms with Gasteiger partial charge in [-0.25, -0.2) is 8.42 Å². The van der Waals surface area contributed by atoms with Crippen LogP contribution in [0, 0.1) is 0 Å². The molecule has 2 rings (SSSR count). The number of carbonyl (C=O) groups is 1. The number of amides is 1. The van der Waals surface area contributed by atoms with Crippen LogP contribution in [0.15, 0.2) is 47.4 Å². The number of benzene rings is 2. The van der Waals surface area contributed by atoms with Gasteiger partial charge in [-0.2, -0.15) is 0 Å². The van der Waals surface area contributed by atoms with Gasteiger partial charge in [0.1, 0.15) is 5.75 Å². The van der Waals surface area contributed by atoms with E-state index in [0.717, 1.165) is 0 Å². The molecule has 0 unspecified atom stereocenters. The van der Waals surface area contributed by atoms with Crippen LogP contribution in [0.1, 0.15) is 6.42 Å². The molecule has 0 aliphatic heterocycles. The van der Waals surface area contributed by atoms with Gasteiger partial charge in [-0.05, 0) is 48.9 Å². The van der Waals surface area contributed by atoms with E-state index in [4.69, 9.17) is 32.7 Å². The van der Waals surface area contributed by atoms with E-state index in [1.165, 1.54) is 18.2 Å². The third kappa shape index (κ3) is 6.87. The number of rotatable bonds is 10. The molecule has 0 aliphatic carbocycles. The van der Waals surface area contributed by atoms with Gasteiger partial charge in [-0.3, -0.25) is 9.52 Å². The lowest BCUT2D eigenvalue weighted by Gasteiger charge is -2.11. The molecule has 0 aliphatic rings. The maximum absolute atomic E-state index is 12.5. The first kappa shape index (κ1) is 22.3. The molecule has 10 heteroatoms. The van der Waals surface area contributed by atoms with Gasteiger partial charge in [0.2, 0.25) is 0 Å². The Morgan fingerprint density at radius 1 is 1.11 bits per heavy atom. The van der Waals surface area contributed by atoms with Crippen molar-refractivity contribution in [3.63, 3.8) is 0 Å². The van der Waals surface area contributed by atoms with Crippen molar-refractivity contribution < 1.29 is 22.7 Å². The SMILES string of the molecule is COCCCNC(=O)COc1ccc(S(=O)(=O)Nc2ccc(Cl)cc2)cc1Cl. The summed E-state index contributed by atoms with van der Waals surface area (Å²) in [6.45, 7) is 0.784. The summed E-state index contributed by atoms with van der Waals surface area (Å²) < 4.78 is 37.6. The summed E-state index contributed by atoms with van der Waals surface area (Å²) in [5.74, 6) is -0.104. The summed E-state index contributed by atoms with van der Waals surface area (Å²) in [7, 11) is -2.25. The highest BCUT2D eigenvalue weighted by Gasteiger charge is 2.17. The Labute approximate surface area is 174 Å². The molecule has 0 radical (unpaired) electrons. The third-order valence-electron chi connectivity index (χ3n) is 3.52. The standard InChI is InChI=1S/C18H20Cl2N2O5S/c1-26-10-2-9-21-18(23)12-27-17-8-7-15(11-16(17)20)28(24,25)22-14-5-3-13(19)4-6-14/h3-8,11,22H,2,9-10,12H2,1H3,(H,21,23). The van der Waals surface area contributed by atoms with Gasteiger partial charge in [0.25, 0.3) is 15.9 Å². The van der Waals surface area contributed by atoms with Gasteiger partial charge in [0.15, 0.2) is 6.61 Å². The summed E-state index contributed by atoms with van der Waals surface area (Å²) in [5.41, 5.74) is 0.367. The van der Waals surface area contributed by atoms with Crippen LogP contribution in [-0.2, 0) is 19.6 Å². The second kappa shape index (κ2) is 10.5. The Morgan fingerprint density at radius 3 is 2.46 bits per heavy atom. The Hall–Kier alpha value is -2.00. The molecular weight excluding hydrogens is 427 g/mol. The van der Waals surface area contributed by atoms with Crippen LogP contribution in [0.2, 0.25) is 10.0 Å². The first-order chi connectivity index (χ1) is 13.3. The van der Waals surface area contributed by atoms with Crippen molar-refractivity contribution in [3.8, 4) is 5.75 Å². The highest BCUT2D eigenvalue weighted by Crippen LogP contribution is 2.28. The van der Waals surface area contributed by atoms with E-state index in [1.54, 1.807) is 31.4 Å². The van der Waals surface area contributed by atoms with Crippen molar-refractivity contribution in [2.75, 3.05) is 31.6 Å². The fourth-order valence-electron chi connectivity index (χ4n) is 2.14. The topological polar surface area (TPSA) is 93.7 Å². The predicted molar refractivity (Wildman–Crippen MR) is 109 cm³/mol. The number of methoxy groups -OCH3 is 1. The number of hydrogen-bond donors (Lipinski definition) is 2. The van der Waals surface area contributed by atoms with Crippen molar-refractivity contribution in [3.05, 3.63) is 52.5 Å². The van der Waals surface area contributed by atoms with Gasteiger partial charge in [0, 0.05) is 31.0 Å². The van der Waals surface area contributed by atoms with Crippen LogP contribution in [0.3, 0.4) is 0 Å². The molecular formula is C18H20Cl2N2O5S. The first-order valence-corrected chi connectivity index (χ1v) is 10.5. The Balaban J connectivity index is 1.97. The second-order valence-electron chi connectivity index (χ2n) is 5.69. The largest absolute Gasteiger partial charge is 0.482 e. The third-order valence-corrected chi connectivity index (χ3v) is 5.44. The molecule has 0 aromatic heterocycles. The number of hydrogen-bond acceptors (Lipinski definition) is 5. The number of carbonyl (C=O) groups excluding carboxylic acids is 1. The molecule has 2 N–H and O–H groups in total. The number of halogens is 2. The Morgan fingerprint density at radius 2 is 1.82 bits per heavy atom. The van der Waals surface area contributed by atoms with Crippen LogP contribution in [-0.4, -0.2) is 41.2 Å². The lowest BCUT2D eigenvalue weighted by Crippen LogP contribution is -2.30. The smallest absolute Gasteiger partial charge is 0.261 e. The van der Waals surface area contributed by atoms with Crippen LogP contribution >= 0.6 is 23.2 Å². The van der Waals surface area contributed by atoms with Crippen molar-refractivity contribution in [1.29, 1.82) is 0 Å². The first-order valence-electron chi connectivity index (χ1n) is 8.28. The van der Waals surface area contributed by atoms with Gasteiger partial charge in [-0.15, -0.1) is 0 Å². The zero-order valence-electron chi connectivity index (χ0n) is 15.1. The number of sulfonamides is 1. The molecule has 1 amide bonds. The van der Waals surface area contributed by atoms with Crippen molar-refractivity contribution in [1.82, 2.24) is 5.32 Å². The maximum atomic E-state index is 12.5. The molecule has 28 heavy (non-hydrogen) atoms. The van der Waals surface area contributed by atoms with Crippen LogP contribution in [0.4, 0.5) is 5.69 Å². The van der Waals surface area contributed by atoms with Gasteiger partial charge in [-0.1, -0.05) is 23.2 Å². The molecule has 0 heterocycles. The van der Waals surface area contributed by atoms with E-state index in [1.807, 2.05) is 0 Å². The van der Waals surface area contributed by atoms with E-state index in [2.05, 4.69) is 10.0 Å². The summed E-state index contributed by atoms with van der Waals surface area (Å²) in [6.07, 6.45) is 0.691. The molecule has 0 fully saturated rings. The minimum atomic E-state index is -3.84. The number of anilines is 1. The molecule has 2 aromatic carbocycles. The van der Waals surface area contributed by atoms with E-state index < -0.39 is 10.0 Å². The average molecular weight is 447 g/mol. The van der Waals surface area contributed by atoms with E-state index in [0.29, 0.717) is 30.3 Å². The van der Waals surface area contributed by atoms with Gasteiger partial charge in [0.05, 0.1) is 9.92 Å². The van der Waals surface area contributed by atoms with Gasteiger partial charge >= 0.3 is 0 Å². The molecule has 0 bridgehead atoms. The van der Waals surface area contributed by atoms with Crippen LogP contribution in [0.5, 0.6) is 5.75 Å². The lowest BCUT2D eigenvalue weighted by molar-refractivity contribution is -0.123.